The molecule has 132 valence electrons. The van der Waals surface area contributed by atoms with Crippen LogP contribution in [0.5, 0.6) is 0 Å². The van der Waals surface area contributed by atoms with E-state index in [1.807, 2.05) is 55.5 Å². The van der Waals surface area contributed by atoms with Crippen LogP contribution >= 0.6 is 11.8 Å². The topological polar surface area (TPSA) is 40.6 Å². The average molecular weight is 356 g/mol. The molecule has 0 aromatic heterocycles. The van der Waals surface area contributed by atoms with Gasteiger partial charge in [-0.25, -0.2) is 0 Å². The summed E-state index contributed by atoms with van der Waals surface area (Å²) >= 11 is 1.40. The molecule has 2 amide bonds. The van der Waals surface area contributed by atoms with Crippen molar-refractivity contribution < 1.29 is 9.59 Å². The lowest BCUT2D eigenvalue weighted by Crippen LogP contribution is -2.27. The van der Waals surface area contributed by atoms with Gasteiger partial charge in [0.1, 0.15) is 0 Å². The molecule has 2 rings (SSSR count). The molecule has 0 saturated carbocycles. The molecule has 0 radical (unpaired) electrons. The molecule has 0 aliphatic heterocycles. The van der Waals surface area contributed by atoms with E-state index in [1.54, 1.807) is 30.9 Å². The molecule has 0 spiro atoms. The van der Waals surface area contributed by atoms with Crippen molar-refractivity contribution in [2.75, 3.05) is 26.9 Å². The van der Waals surface area contributed by atoms with E-state index in [1.165, 1.54) is 17.3 Å². The Labute approximate surface area is 153 Å². The largest absolute Gasteiger partial charge is 0.348 e. The van der Waals surface area contributed by atoms with Crippen molar-refractivity contribution in [1.29, 1.82) is 0 Å². The van der Waals surface area contributed by atoms with Gasteiger partial charge in [0.2, 0.25) is 5.91 Å². The Morgan fingerprint density at radius 3 is 2.28 bits per heavy atom. The number of nitrogens with zero attached hydrogens (tertiary/aromatic N) is 2. The Balaban J connectivity index is 2.13. The van der Waals surface area contributed by atoms with Crippen LogP contribution in [0.1, 0.15) is 21.5 Å². The van der Waals surface area contributed by atoms with Crippen molar-refractivity contribution in [3.05, 3.63) is 65.2 Å². The molecule has 2 aromatic rings. The Bertz CT molecular complexity index is 759. The van der Waals surface area contributed by atoms with E-state index in [0.717, 1.165) is 10.5 Å². The summed E-state index contributed by atoms with van der Waals surface area (Å²) < 4.78 is 0. The zero-order valence-electron chi connectivity index (χ0n) is 15.2. The van der Waals surface area contributed by atoms with Crippen molar-refractivity contribution >= 4 is 23.6 Å². The molecule has 0 bridgehead atoms. The van der Waals surface area contributed by atoms with E-state index < -0.39 is 0 Å². The van der Waals surface area contributed by atoms with Gasteiger partial charge in [-0.1, -0.05) is 36.4 Å². The highest BCUT2D eigenvalue weighted by Gasteiger charge is 2.17. The van der Waals surface area contributed by atoms with E-state index in [2.05, 4.69) is 0 Å². The summed E-state index contributed by atoms with van der Waals surface area (Å²) in [5.74, 6) is 0.308. The first-order valence-electron chi connectivity index (χ1n) is 8.12. The van der Waals surface area contributed by atoms with Gasteiger partial charge in [-0.3, -0.25) is 9.59 Å². The van der Waals surface area contributed by atoms with E-state index in [-0.39, 0.29) is 11.8 Å². The molecule has 0 N–H and O–H groups in total. The summed E-state index contributed by atoms with van der Waals surface area (Å²) in [6.45, 7) is 2.60. The number of carbonyl (C=O) groups excluding carboxylic acids is 2. The Morgan fingerprint density at radius 2 is 1.60 bits per heavy atom. The van der Waals surface area contributed by atoms with Gasteiger partial charge >= 0.3 is 0 Å². The average Bonchev–Trinajstić information content (AvgIpc) is 2.61. The van der Waals surface area contributed by atoms with E-state index in [0.29, 0.717) is 17.9 Å². The van der Waals surface area contributed by atoms with Crippen LogP contribution in [-0.2, 0) is 11.3 Å². The SMILES string of the molecule is Cc1ccccc1CN(C)C(=O)c1ccccc1SCC(=O)N(C)C. The van der Waals surface area contributed by atoms with E-state index in [9.17, 15) is 9.59 Å². The fraction of sp³-hybridized carbons (Fsp3) is 0.300. The summed E-state index contributed by atoms with van der Waals surface area (Å²) in [4.78, 5) is 28.8. The number of aryl methyl sites for hydroxylation is 1. The number of carbonyl (C=O) groups is 2. The van der Waals surface area contributed by atoms with Crippen molar-refractivity contribution in [2.24, 2.45) is 0 Å². The third kappa shape index (κ3) is 5.10. The molecule has 0 saturated heterocycles. The van der Waals surface area contributed by atoms with E-state index in [4.69, 9.17) is 0 Å². The number of hydrogen-bond acceptors (Lipinski definition) is 3. The van der Waals surface area contributed by atoms with Gasteiger partial charge in [-0.05, 0) is 30.2 Å². The van der Waals surface area contributed by atoms with Crippen LogP contribution in [0.3, 0.4) is 0 Å². The molecule has 0 unspecified atom stereocenters. The second kappa shape index (κ2) is 8.72. The molecule has 4 nitrogen and oxygen atoms in total. The molecule has 0 aliphatic carbocycles. The lowest BCUT2D eigenvalue weighted by Gasteiger charge is -2.20. The first-order chi connectivity index (χ1) is 11.9. The number of hydrogen-bond donors (Lipinski definition) is 0. The summed E-state index contributed by atoms with van der Waals surface area (Å²) in [5.41, 5.74) is 2.93. The minimum atomic E-state index is -0.0383. The van der Waals surface area contributed by atoms with Gasteiger partial charge in [0.05, 0.1) is 11.3 Å². The highest BCUT2D eigenvalue weighted by atomic mass is 32.2. The third-order valence-electron chi connectivity index (χ3n) is 3.98. The highest BCUT2D eigenvalue weighted by molar-refractivity contribution is 8.00. The zero-order chi connectivity index (χ0) is 18.4. The summed E-state index contributed by atoms with van der Waals surface area (Å²) in [5, 5.41) is 0. The van der Waals surface area contributed by atoms with Crippen molar-refractivity contribution in [1.82, 2.24) is 9.80 Å². The van der Waals surface area contributed by atoms with Gasteiger partial charge in [-0.15, -0.1) is 11.8 Å². The molecular formula is C20H24N2O2S. The summed E-state index contributed by atoms with van der Waals surface area (Å²) in [6, 6.07) is 15.5. The predicted molar refractivity (Wildman–Crippen MR) is 103 cm³/mol. The van der Waals surface area contributed by atoms with Crippen LogP contribution in [0.25, 0.3) is 0 Å². The fourth-order valence-electron chi connectivity index (χ4n) is 2.36. The molecular weight excluding hydrogens is 332 g/mol. The number of benzene rings is 2. The van der Waals surface area contributed by atoms with Crippen LogP contribution in [0.2, 0.25) is 0 Å². The minimum Gasteiger partial charge on any atom is -0.348 e. The molecule has 0 aliphatic rings. The standard InChI is InChI=1S/C20H24N2O2S/c1-15-9-5-6-10-16(15)13-22(4)20(24)17-11-7-8-12-18(17)25-14-19(23)21(2)3/h5-12H,13-14H2,1-4H3. The third-order valence-corrected chi connectivity index (χ3v) is 5.04. The first-order valence-corrected chi connectivity index (χ1v) is 9.10. The lowest BCUT2D eigenvalue weighted by molar-refractivity contribution is -0.125. The predicted octanol–water partition coefficient (Wildman–Crippen LogP) is 3.45. The van der Waals surface area contributed by atoms with Crippen molar-refractivity contribution in [3.63, 3.8) is 0 Å². The van der Waals surface area contributed by atoms with Crippen LogP contribution in [-0.4, -0.2) is 48.5 Å². The van der Waals surface area contributed by atoms with Gasteiger partial charge in [0, 0.05) is 32.6 Å². The van der Waals surface area contributed by atoms with Gasteiger partial charge in [0.25, 0.3) is 5.91 Å². The normalized spacial score (nSPS) is 10.4. The van der Waals surface area contributed by atoms with Crippen molar-refractivity contribution in [2.45, 2.75) is 18.4 Å². The summed E-state index contributed by atoms with van der Waals surface area (Å²) in [7, 11) is 5.27. The molecule has 2 aromatic carbocycles. The number of thioether (sulfide) groups is 1. The first kappa shape index (κ1) is 19.1. The van der Waals surface area contributed by atoms with Gasteiger partial charge in [0.15, 0.2) is 0 Å². The van der Waals surface area contributed by atoms with Crippen molar-refractivity contribution in [3.8, 4) is 0 Å². The van der Waals surface area contributed by atoms with E-state index >= 15 is 0 Å². The number of rotatable bonds is 6. The minimum absolute atomic E-state index is 0.0283. The maximum Gasteiger partial charge on any atom is 0.255 e. The fourth-order valence-corrected chi connectivity index (χ4v) is 3.38. The Hall–Kier alpha value is -2.27. The summed E-state index contributed by atoms with van der Waals surface area (Å²) in [6.07, 6.45) is 0. The Kier molecular flexibility index (Phi) is 6.65. The molecule has 0 atom stereocenters. The Morgan fingerprint density at radius 1 is 0.960 bits per heavy atom. The lowest BCUT2D eigenvalue weighted by atomic mass is 10.1. The maximum atomic E-state index is 12.9. The zero-order valence-corrected chi connectivity index (χ0v) is 16.0. The van der Waals surface area contributed by atoms with Crippen LogP contribution in [0.15, 0.2) is 53.4 Å². The second-order valence-electron chi connectivity index (χ2n) is 6.16. The van der Waals surface area contributed by atoms with Crippen LogP contribution < -0.4 is 0 Å². The molecule has 25 heavy (non-hydrogen) atoms. The number of amides is 2. The molecule has 0 fully saturated rings. The molecule has 0 heterocycles. The maximum absolute atomic E-state index is 12.9. The molecule has 5 heteroatoms. The second-order valence-corrected chi connectivity index (χ2v) is 7.18. The monoisotopic (exact) mass is 356 g/mol. The van der Waals surface area contributed by atoms with Crippen LogP contribution in [0.4, 0.5) is 0 Å². The smallest absolute Gasteiger partial charge is 0.255 e. The van der Waals surface area contributed by atoms with Gasteiger partial charge in [-0.2, -0.15) is 0 Å². The highest BCUT2D eigenvalue weighted by Crippen LogP contribution is 2.24. The quantitative estimate of drug-likeness (QED) is 0.745. The van der Waals surface area contributed by atoms with Gasteiger partial charge < -0.3 is 9.80 Å². The van der Waals surface area contributed by atoms with Crippen LogP contribution in [0, 0.1) is 6.92 Å².